The maximum absolute atomic E-state index is 14.5. The number of pyridine rings is 1. The number of carbonyl (C=O) groups excluding carboxylic acids is 3. The third kappa shape index (κ3) is 7.11. The molecule has 0 bridgehead atoms. The van der Waals surface area contributed by atoms with Crippen LogP contribution < -0.4 is 11.1 Å². The smallest absolute Gasteiger partial charge is 0.254 e. The van der Waals surface area contributed by atoms with Gasteiger partial charge in [0.15, 0.2) is 5.65 Å². The number of benzene rings is 3. The molecule has 1 fully saturated rings. The van der Waals surface area contributed by atoms with Crippen LogP contribution in [0.15, 0.2) is 72.9 Å². The van der Waals surface area contributed by atoms with E-state index in [0.717, 1.165) is 58.2 Å². The lowest BCUT2D eigenvalue weighted by Crippen LogP contribution is -2.33. The zero-order valence-corrected chi connectivity index (χ0v) is 28.2. The molecule has 6 rings (SSSR count). The van der Waals surface area contributed by atoms with E-state index in [1.807, 2.05) is 42.9 Å². The van der Waals surface area contributed by atoms with Crippen molar-refractivity contribution >= 4 is 34.8 Å². The zero-order chi connectivity index (χ0) is 35.2. The normalized spacial score (nSPS) is 13.1. The van der Waals surface area contributed by atoms with Crippen molar-refractivity contribution in [3.8, 4) is 17.2 Å². The van der Waals surface area contributed by atoms with Crippen molar-refractivity contribution in [2.45, 2.75) is 58.8 Å². The summed E-state index contributed by atoms with van der Waals surface area (Å²) in [4.78, 5) is 45.0. The fourth-order valence-corrected chi connectivity index (χ4v) is 6.48. The van der Waals surface area contributed by atoms with E-state index in [9.17, 15) is 19.6 Å². The number of anilines is 1. The Morgan fingerprint density at radius 2 is 1.84 bits per heavy atom. The summed E-state index contributed by atoms with van der Waals surface area (Å²) >= 11 is 0. The lowest BCUT2D eigenvalue weighted by atomic mass is 9.96. The topological polar surface area (TPSA) is 156 Å². The first-order valence-electron chi connectivity index (χ1n) is 16.8. The molecule has 0 aliphatic carbocycles. The van der Waals surface area contributed by atoms with E-state index in [0.29, 0.717) is 48.4 Å². The van der Waals surface area contributed by atoms with Gasteiger partial charge < -0.3 is 20.7 Å². The number of aromatic nitrogens is 3. The SMILES string of the molecule is CCc1nc2c(cnn2CC)c(NC2CCOCC2)c1CN(Cc1ccc(C#N)c(-c2cccc(C=O)c2)c1)C(=O)c1cccc(C(N)=O)c1. The molecular formula is C39H39N7O4. The highest BCUT2D eigenvalue weighted by Crippen LogP contribution is 2.33. The number of primary amides is 1. The molecule has 50 heavy (non-hydrogen) atoms. The molecule has 0 spiro atoms. The van der Waals surface area contributed by atoms with Gasteiger partial charge in [0.25, 0.3) is 5.91 Å². The summed E-state index contributed by atoms with van der Waals surface area (Å²) in [5.74, 6) is -0.926. The number of carbonyl (C=O) groups is 3. The number of fused-ring (bicyclic) bond motifs is 1. The number of nitrogens with one attached hydrogen (secondary N) is 1. The monoisotopic (exact) mass is 669 g/mol. The van der Waals surface area contributed by atoms with Gasteiger partial charge in [0, 0.05) is 60.3 Å². The number of ether oxygens (including phenoxy) is 1. The predicted molar refractivity (Wildman–Crippen MR) is 191 cm³/mol. The lowest BCUT2D eigenvalue weighted by molar-refractivity contribution is 0.0729. The molecule has 254 valence electrons. The van der Waals surface area contributed by atoms with Crippen LogP contribution in [0.5, 0.6) is 0 Å². The summed E-state index contributed by atoms with van der Waals surface area (Å²) in [7, 11) is 0. The average molecular weight is 670 g/mol. The van der Waals surface area contributed by atoms with Crippen molar-refractivity contribution in [3.63, 3.8) is 0 Å². The third-order valence-corrected chi connectivity index (χ3v) is 9.12. The van der Waals surface area contributed by atoms with Crippen LogP contribution in [0.3, 0.4) is 0 Å². The number of nitrogens with zero attached hydrogens (tertiary/aromatic N) is 5. The van der Waals surface area contributed by atoms with Crippen LogP contribution in [0, 0.1) is 11.3 Å². The van der Waals surface area contributed by atoms with Crippen molar-refractivity contribution in [1.29, 1.82) is 5.26 Å². The molecule has 3 N–H and O–H groups in total. The van der Waals surface area contributed by atoms with Crippen molar-refractivity contribution in [1.82, 2.24) is 19.7 Å². The molecule has 11 nitrogen and oxygen atoms in total. The van der Waals surface area contributed by atoms with Gasteiger partial charge in [-0.1, -0.05) is 37.3 Å². The molecule has 2 amide bonds. The Kier molecular flexibility index (Phi) is 10.3. The van der Waals surface area contributed by atoms with E-state index in [1.54, 1.807) is 47.4 Å². The van der Waals surface area contributed by atoms with Crippen LogP contribution in [0.2, 0.25) is 0 Å². The molecule has 0 atom stereocenters. The molecule has 1 saturated heterocycles. The molecule has 3 heterocycles. The first-order valence-corrected chi connectivity index (χ1v) is 16.8. The average Bonchev–Trinajstić information content (AvgIpc) is 3.58. The maximum atomic E-state index is 14.5. The summed E-state index contributed by atoms with van der Waals surface area (Å²) in [5.41, 5.74) is 12.6. The molecular weight excluding hydrogens is 630 g/mol. The van der Waals surface area contributed by atoms with Gasteiger partial charge in [-0.15, -0.1) is 0 Å². The van der Waals surface area contributed by atoms with Crippen LogP contribution in [-0.4, -0.2) is 57.0 Å². The Labute approximate surface area is 290 Å². The summed E-state index contributed by atoms with van der Waals surface area (Å²) in [6.45, 7) is 6.43. The number of hydrogen-bond donors (Lipinski definition) is 2. The van der Waals surface area contributed by atoms with Gasteiger partial charge in [-0.2, -0.15) is 10.4 Å². The molecule has 11 heteroatoms. The van der Waals surface area contributed by atoms with Crippen LogP contribution in [0.25, 0.3) is 22.2 Å². The molecule has 0 radical (unpaired) electrons. The Balaban J connectivity index is 1.48. The van der Waals surface area contributed by atoms with Gasteiger partial charge in [0.2, 0.25) is 5.91 Å². The van der Waals surface area contributed by atoms with Crippen LogP contribution >= 0.6 is 0 Å². The van der Waals surface area contributed by atoms with Gasteiger partial charge in [0.05, 0.1) is 35.4 Å². The number of nitrogens with two attached hydrogens (primary N) is 1. The standard InChI is InChI=1S/C39H39N7O4/c1-3-35-34(36(43-31-13-15-50-16-14-31)33-21-42-46(4-2)38(33)44-35)23-45(39(49)29-10-6-9-28(19-29)37(41)48)22-25-11-12-30(20-40)32(18-25)27-8-5-7-26(17-27)24-47/h5-12,17-19,21,24,31H,3-4,13-16,22-23H2,1-2H3,(H2,41,48)(H,43,44). The fraction of sp³-hybridized carbons (Fsp3) is 0.282. The van der Waals surface area contributed by atoms with Crippen LogP contribution in [-0.2, 0) is 30.8 Å². The largest absolute Gasteiger partial charge is 0.381 e. The van der Waals surface area contributed by atoms with E-state index < -0.39 is 5.91 Å². The van der Waals surface area contributed by atoms with Crippen molar-refractivity contribution in [2.24, 2.45) is 5.73 Å². The second-order valence-corrected chi connectivity index (χ2v) is 12.3. The van der Waals surface area contributed by atoms with E-state index in [4.69, 9.17) is 15.5 Å². The Hall–Kier alpha value is -5.86. The summed E-state index contributed by atoms with van der Waals surface area (Å²) in [6.07, 6.45) is 4.91. The van der Waals surface area contributed by atoms with E-state index >= 15 is 0 Å². The predicted octanol–water partition coefficient (Wildman–Crippen LogP) is 5.90. The number of nitriles is 1. The summed E-state index contributed by atoms with van der Waals surface area (Å²) in [6, 6.07) is 21.4. The van der Waals surface area contributed by atoms with Gasteiger partial charge >= 0.3 is 0 Å². The van der Waals surface area contributed by atoms with Gasteiger partial charge in [-0.25, -0.2) is 9.67 Å². The van der Waals surface area contributed by atoms with Gasteiger partial charge in [-0.3, -0.25) is 14.4 Å². The number of aldehydes is 1. The molecule has 1 aliphatic heterocycles. The highest BCUT2D eigenvalue weighted by molar-refractivity contribution is 5.99. The van der Waals surface area contributed by atoms with E-state index in [-0.39, 0.29) is 30.6 Å². The molecule has 1 aliphatic rings. The molecule has 3 aromatic carbocycles. The van der Waals surface area contributed by atoms with Crippen molar-refractivity contribution in [3.05, 3.63) is 112 Å². The Bertz CT molecular complexity index is 2110. The molecule has 2 aromatic heterocycles. The first-order chi connectivity index (χ1) is 24.3. The Morgan fingerprint density at radius 1 is 1.06 bits per heavy atom. The second-order valence-electron chi connectivity index (χ2n) is 12.3. The van der Waals surface area contributed by atoms with Crippen LogP contribution in [0.4, 0.5) is 5.69 Å². The zero-order valence-electron chi connectivity index (χ0n) is 28.2. The maximum Gasteiger partial charge on any atom is 0.254 e. The third-order valence-electron chi connectivity index (χ3n) is 9.12. The highest BCUT2D eigenvalue weighted by atomic mass is 16.5. The summed E-state index contributed by atoms with van der Waals surface area (Å²) in [5, 5.41) is 19.3. The molecule has 0 saturated carbocycles. The minimum absolute atomic E-state index is 0.169. The molecule has 0 unspecified atom stereocenters. The fourth-order valence-electron chi connectivity index (χ4n) is 6.48. The van der Waals surface area contributed by atoms with Crippen molar-refractivity contribution < 1.29 is 19.1 Å². The second kappa shape index (κ2) is 15.1. The lowest BCUT2D eigenvalue weighted by Gasteiger charge is -2.29. The Morgan fingerprint density at radius 3 is 2.56 bits per heavy atom. The minimum atomic E-state index is -0.626. The van der Waals surface area contributed by atoms with Gasteiger partial charge in [0.1, 0.15) is 6.29 Å². The van der Waals surface area contributed by atoms with Crippen LogP contribution in [0.1, 0.15) is 80.1 Å². The van der Waals surface area contributed by atoms with E-state index in [1.165, 1.54) is 6.07 Å². The van der Waals surface area contributed by atoms with Gasteiger partial charge in [-0.05, 0) is 79.3 Å². The highest BCUT2D eigenvalue weighted by Gasteiger charge is 2.26. The van der Waals surface area contributed by atoms with Crippen molar-refractivity contribution in [2.75, 3.05) is 18.5 Å². The quantitative estimate of drug-likeness (QED) is 0.156. The minimum Gasteiger partial charge on any atom is -0.381 e. The number of hydrogen-bond acceptors (Lipinski definition) is 8. The number of amides is 2. The molecule has 5 aromatic rings. The number of rotatable bonds is 12. The summed E-state index contributed by atoms with van der Waals surface area (Å²) < 4.78 is 7.52. The van der Waals surface area contributed by atoms with E-state index in [2.05, 4.69) is 16.5 Å². The first kappa shape index (κ1) is 34.0. The number of aryl methyl sites for hydroxylation is 2.